The molecule has 80 valence electrons. The van der Waals surface area contributed by atoms with E-state index in [1.807, 2.05) is 0 Å². The van der Waals surface area contributed by atoms with Crippen LogP contribution in [-0.2, 0) is 6.18 Å². The first-order valence-corrected chi connectivity index (χ1v) is 3.48. The zero-order valence-corrected chi connectivity index (χ0v) is 6.82. The summed E-state index contributed by atoms with van der Waals surface area (Å²) in [4.78, 5) is 0. The number of anilines is 1. The second-order valence-corrected chi connectivity index (χ2v) is 2.46. The minimum absolute atomic E-state index is 0.323. The molecule has 0 radical (unpaired) electrons. The van der Waals surface area contributed by atoms with E-state index >= 15 is 0 Å². The number of hydrogen-bond donors (Lipinski definition) is 1. The molecule has 2 N–H and O–H groups in total. The van der Waals surface area contributed by atoms with E-state index in [4.69, 9.17) is 5.73 Å². The van der Waals surface area contributed by atoms with Crippen molar-refractivity contribution in [3.63, 3.8) is 0 Å². The van der Waals surface area contributed by atoms with Crippen molar-refractivity contribution in [3.8, 4) is 11.4 Å². The van der Waals surface area contributed by atoms with Gasteiger partial charge in [-0.25, -0.2) is 9.26 Å². The topological polar surface area (TPSA) is 104 Å². The fourth-order valence-corrected chi connectivity index (χ4v) is 0.890. The second-order valence-electron chi connectivity index (χ2n) is 2.46. The largest absolute Gasteiger partial charge is 0.439 e. The zero-order chi connectivity index (χ0) is 11.1. The van der Waals surface area contributed by atoms with Crippen molar-refractivity contribution < 1.29 is 22.4 Å². The Labute approximate surface area is 79.0 Å². The lowest BCUT2D eigenvalue weighted by molar-refractivity contribution is -0.142. The van der Waals surface area contributed by atoms with Crippen molar-refractivity contribution in [2.24, 2.45) is 0 Å². The molecule has 0 fully saturated rings. The maximum Gasteiger partial charge on any atom is 0.439 e. The molecule has 0 bridgehead atoms. The quantitative estimate of drug-likeness (QED) is 0.756. The predicted octanol–water partition coefficient (Wildman–Crippen LogP) is 0.721. The average Bonchev–Trinajstić information content (AvgIpc) is 2.69. The molecule has 0 saturated heterocycles. The molecule has 10 heteroatoms. The first-order chi connectivity index (χ1) is 7.00. The average molecular weight is 221 g/mol. The van der Waals surface area contributed by atoms with Crippen molar-refractivity contribution in [1.82, 2.24) is 20.6 Å². The fourth-order valence-electron chi connectivity index (χ4n) is 0.890. The van der Waals surface area contributed by atoms with Gasteiger partial charge in [0, 0.05) is 0 Å². The van der Waals surface area contributed by atoms with Crippen molar-refractivity contribution in [1.29, 1.82) is 0 Å². The summed E-state index contributed by atoms with van der Waals surface area (Å²) in [5, 5.41) is 12.0. The van der Waals surface area contributed by atoms with Crippen molar-refractivity contribution in [2.45, 2.75) is 6.18 Å². The predicted molar refractivity (Wildman–Crippen MR) is 37.0 cm³/mol. The first kappa shape index (κ1) is 9.43. The van der Waals surface area contributed by atoms with Gasteiger partial charge in [0.15, 0.2) is 17.2 Å². The Hall–Kier alpha value is -2.13. The van der Waals surface area contributed by atoms with E-state index in [0.29, 0.717) is 0 Å². The van der Waals surface area contributed by atoms with Crippen molar-refractivity contribution in [3.05, 3.63) is 5.69 Å². The van der Waals surface area contributed by atoms with Gasteiger partial charge < -0.3 is 5.73 Å². The fraction of sp³-hybridized carbons (Fsp3) is 0.200. The van der Waals surface area contributed by atoms with E-state index in [2.05, 4.69) is 29.9 Å². The lowest BCUT2D eigenvalue weighted by Crippen LogP contribution is -2.07. The molecule has 2 rings (SSSR count). The molecule has 2 heterocycles. The molecule has 15 heavy (non-hydrogen) atoms. The summed E-state index contributed by atoms with van der Waals surface area (Å²) < 4.78 is 45.1. The van der Waals surface area contributed by atoms with Crippen molar-refractivity contribution >= 4 is 5.82 Å². The van der Waals surface area contributed by atoms with E-state index in [0.717, 1.165) is 0 Å². The third-order valence-corrected chi connectivity index (χ3v) is 1.50. The van der Waals surface area contributed by atoms with Crippen LogP contribution in [0.15, 0.2) is 9.26 Å². The Balaban J connectivity index is 2.56. The van der Waals surface area contributed by atoms with E-state index in [1.54, 1.807) is 0 Å². The summed E-state index contributed by atoms with van der Waals surface area (Å²) in [6, 6.07) is 0. The summed E-state index contributed by atoms with van der Waals surface area (Å²) >= 11 is 0. The highest BCUT2D eigenvalue weighted by molar-refractivity contribution is 5.66. The van der Waals surface area contributed by atoms with Gasteiger partial charge in [-0.05, 0) is 20.6 Å². The lowest BCUT2D eigenvalue weighted by Gasteiger charge is -2.00. The van der Waals surface area contributed by atoms with Gasteiger partial charge in [0.05, 0.1) is 0 Å². The summed E-state index contributed by atoms with van der Waals surface area (Å²) in [6.07, 6.45) is -4.71. The number of hydrogen-bond acceptors (Lipinski definition) is 7. The molecule has 0 spiro atoms. The molecule has 2 aromatic heterocycles. The van der Waals surface area contributed by atoms with Gasteiger partial charge in [-0.3, -0.25) is 0 Å². The third kappa shape index (κ3) is 1.49. The Kier molecular flexibility index (Phi) is 1.84. The summed E-state index contributed by atoms with van der Waals surface area (Å²) in [5.74, 6) is -0.323. The Bertz CT molecular complexity index is 475. The molecule has 0 saturated carbocycles. The normalized spacial score (nSPS) is 11.9. The summed E-state index contributed by atoms with van der Waals surface area (Å²) in [5.41, 5.74) is 2.86. The van der Waals surface area contributed by atoms with E-state index < -0.39 is 17.6 Å². The highest BCUT2D eigenvalue weighted by atomic mass is 19.4. The smallest absolute Gasteiger partial charge is 0.379 e. The first-order valence-electron chi connectivity index (χ1n) is 3.48. The van der Waals surface area contributed by atoms with Gasteiger partial charge in [-0.2, -0.15) is 13.2 Å². The maximum absolute atomic E-state index is 12.3. The lowest BCUT2D eigenvalue weighted by atomic mass is 10.2. The number of rotatable bonds is 1. The van der Waals surface area contributed by atoms with Crippen LogP contribution in [0.4, 0.5) is 19.0 Å². The van der Waals surface area contributed by atoms with Crippen LogP contribution in [0.5, 0.6) is 0 Å². The summed E-state index contributed by atoms with van der Waals surface area (Å²) in [7, 11) is 0. The number of aromatic nitrogens is 4. The monoisotopic (exact) mass is 221 g/mol. The van der Waals surface area contributed by atoms with Crippen LogP contribution in [0, 0.1) is 0 Å². The van der Waals surface area contributed by atoms with E-state index in [-0.39, 0.29) is 11.5 Å². The minimum Gasteiger partial charge on any atom is -0.379 e. The molecule has 0 amide bonds. The number of alkyl halides is 3. The number of nitrogens with zero attached hydrogens (tertiary/aromatic N) is 4. The standard InChI is InChI=1S/C5H2F3N5O2/c6-5(7,8)3-1(10-14-12-3)2-4(9)13-15-11-2/h(H2,9,13). The molecule has 0 aromatic carbocycles. The van der Waals surface area contributed by atoms with Gasteiger partial charge in [-0.15, -0.1) is 0 Å². The van der Waals surface area contributed by atoms with Crippen LogP contribution in [0.3, 0.4) is 0 Å². The Morgan fingerprint density at radius 3 is 2.07 bits per heavy atom. The molecule has 0 aliphatic carbocycles. The molecule has 0 atom stereocenters. The van der Waals surface area contributed by atoms with Crippen LogP contribution in [-0.4, -0.2) is 20.6 Å². The molecule has 7 nitrogen and oxygen atoms in total. The van der Waals surface area contributed by atoms with Crippen LogP contribution in [0.25, 0.3) is 11.4 Å². The molecule has 0 aliphatic heterocycles. The number of halogens is 3. The van der Waals surface area contributed by atoms with Gasteiger partial charge in [0.2, 0.25) is 5.69 Å². The van der Waals surface area contributed by atoms with Crippen LogP contribution in [0.2, 0.25) is 0 Å². The molecule has 0 aliphatic rings. The van der Waals surface area contributed by atoms with E-state index in [1.165, 1.54) is 0 Å². The van der Waals surface area contributed by atoms with Crippen LogP contribution >= 0.6 is 0 Å². The second kappa shape index (κ2) is 2.93. The number of nitrogen functional groups attached to an aromatic ring is 1. The zero-order valence-electron chi connectivity index (χ0n) is 6.82. The minimum atomic E-state index is -4.71. The van der Waals surface area contributed by atoms with Gasteiger partial charge in [-0.1, -0.05) is 0 Å². The Morgan fingerprint density at radius 2 is 1.53 bits per heavy atom. The van der Waals surface area contributed by atoms with Crippen molar-refractivity contribution in [2.75, 3.05) is 5.73 Å². The maximum atomic E-state index is 12.3. The molecule has 2 aromatic rings. The highest BCUT2D eigenvalue weighted by Crippen LogP contribution is 2.35. The Morgan fingerprint density at radius 1 is 0.933 bits per heavy atom. The highest BCUT2D eigenvalue weighted by Gasteiger charge is 2.40. The summed E-state index contributed by atoms with van der Waals surface area (Å²) in [6.45, 7) is 0. The molecular formula is C5H2F3N5O2. The molecular weight excluding hydrogens is 219 g/mol. The van der Waals surface area contributed by atoms with Crippen LogP contribution < -0.4 is 5.73 Å². The van der Waals surface area contributed by atoms with Gasteiger partial charge in [0.1, 0.15) is 0 Å². The SMILES string of the molecule is Nc1nonc1-c1nonc1C(F)(F)F. The van der Waals surface area contributed by atoms with Gasteiger partial charge in [0.25, 0.3) is 0 Å². The van der Waals surface area contributed by atoms with E-state index in [9.17, 15) is 13.2 Å². The number of nitrogens with two attached hydrogens (primary N) is 1. The van der Waals surface area contributed by atoms with Crippen LogP contribution in [0.1, 0.15) is 5.69 Å². The molecule has 0 unspecified atom stereocenters. The van der Waals surface area contributed by atoms with Gasteiger partial charge >= 0.3 is 6.18 Å². The third-order valence-electron chi connectivity index (χ3n) is 1.50.